The quantitative estimate of drug-likeness (QED) is 0.736. The van der Waals surface area contributed by atoms with Crippen molar-refractivity contribution in [3.05, 3.63) is 47.5 Å². The summed E-state index contributed by atoms with van der Waals surface area (Å²) in [6, 6.07) is 8.23. The molecule has 1 aromatic carbocycles. The third-order valence-electron chi connectivity index (χ3n) is 2.15. The van der Waals surface area contributed by atoms with Crippen LogP contribution in [0.5, 0.6) is 0 Å². The minimum absolute atomic E-state index is 0.305. The van der Waals surface area contributed by atoms with Crippen molar-refractivity contribution in [2.24, 2.45) is 0 Å². The Morgan fingerprint density at radius 2 is 2.21 bits per heavy atom. The van der Waals surface area contributed by atoms with Gasteiger partial charge in [-0.05, 0) is 24.6 Å². The molecule has 1 nitrogen and oxygen atoms in total. The summed E-state index contributed by atoms with van der Waals surface area (Å²) < 4.78 is 0. The zero-order valence-corrected chi connectivity index (χ0v) is 9.22. The second kappa shape index (κ2) is 5.84. The van der Waals surface area contributed by atoms with Crippen LogP contribution in [0, 0.1) is 0 Å². The van der Waals surface area contributed by atoms with Gasteiger partial charge in [0.1, 0.15) is 0 Å². The second-order valence-corrected chi connectivity index (χ2v) is 3.60. The summed E-state index contributed by atoms with van der Waals surface area (Å²) in [5, 5.41) is 4.16. The summed E-state index contributed by atoms with van der Waals surface area (Å²) in [7, 11) is 0. The average molecular weight is 210 g/mol. The summed E-state index contributed by atoms with van der Waals surface area (Å²) >= 11 is 6.06. The monoisotopic (exact) mass is 209 g/mol. The summed E-state index contributed by atoms with van der Waals surface area (Å²) in [5.74, 6) is 0. The molecule has 0 aliphatic rings. The third kappa shape index (κ3) is 3.17. The number of halogens is 1. The molecule has 0 spiro atoms. The topological polar surface area (TPSA) is 12.0 Å². The molecule has 0 saturated heterocycles. The number of rotatable bonds is 5. The smallest absolute Gasteiger partial charge is 0.0438 e. The van der Waals surface area contributed by atoms with Crippen LogP contribution in [0.3, 0.4) is 0 Å². The molecule has 76 valence electrons. The van der Waals surface area contributed by atoms with Crippen LogP contribution in [0.4, 0.5) is 0 Å². The molecule has 2 heteroatoms. The SMILES string of the molecule is C=CC(Cc1ccccc1Cl)NCC. The maximum atomic E-state index is 6.06. The van der Waals surface area contributed by atoms with Crippen molar-refractivity contribution in [2.45, 2.75) is 19.4 Å². The highest BCUT2D eigenvalue weighted by Crippen LogP contribution is 2.16. The molecule has 1 rings (SSSR count). The van der Waals surface area contributed by atoms with Gasteiger partial charge in [-0.25, -0.2) is 0 Å². The summed E-state index contributed by atoms with van der Waals surface area (Å²) in [6.45, 7) is 6.83. The maximum absolute atomic E-state index is 6.06. The molecule has 1 aromatic rings. The molecule has 1 N–H and O–H groups in total. The standard InChI is InChI=1S/C12H16ClN/c1-3-11(14-4-2)9-10-7-5-6-8-12(10)13/h3,5-8,11,14H,1,4,9H2,2H3. The number of likely N-dealkylation sites (N-methyl/N-ethyl adjacent to an activating group) is 1. The predicted molar refractivity (Wildman–Crippen MR) is 62.8 cm³/mol. The van der Waals surface area contributed by atoms with Crippen molar-refractivity contribution in [3.63, 3.8) is 0 Å². The predicted octanol–water partition coefficient (Wildman–Crippen LogP) is 3.05. The number of hydrogen-bond acceptors (Lipinski definition) is 1. The summed E-state index contributed by atoms with van der Waals surface area (Å²) in [6.07, 6.45) is 2.82. The Bertz CT molecular complexity index is 296. The van der Waals surface area contributed by atoms with E-state index in [1.54, 1.807) is 0 Å². The van der Waals surface area contributed by atoms with E-state index in [1.807, 2.05) is 24.3 Å². The van der Waals surface area contributed by atoms with Gasteiger partial charge in [0.2, 0.25) is 0 Å². The Hall–Kier alpha value is -0.790. The van der Waals surface area contributed by atoms with Crippen LogP contribution >= 0.6 is 11.6 Å². The maximum Gasteiger partial charge on any atom is 0.0438 e. The van der Waals surface area contributed by atoms with Crippen molar-refractivity contribution in [2.75, 3.05) is 6.54 Å². The lowest BCUT2D eigenvalue weighted by Crippen LogP contribution is -2.28. The molecule has 1 unspecified atom stereocenters. The molecule has 0 radical (unpaired) electrons. The van der Waals surface area contributed by atoms with Gasteiger partial charge < -0.3 is 5.32 Å². The van der Waals surface area contributed by atoms with Crippen molar-refractivity contribution >= 4 is 11.6 Å². The van der Waals surface area contributed by atoms with E-state index in [0.29, 0.717) is 6.04 Å². The first kappa shape index (κ1) is 11.3. The van der Waals surface area contributed by atoms with Crippen LogP contribution in [0.15, 0.2) is 36.9 Å². The van der Waals surface area contributed by atoms with Crippen LogP contribution in [-0.4, -0.2) is 12.6 Å². The van der Waals surface area contributed by atoms with Gasteiger partial charge in [0, 0.05) is 11.1 Å². The first-order valence-electron chi connectivity index (χ1n) is 4.87. The van der Waals surface area contributed by atoms with E-state index < -0.39 is 0 Å². The number of hydrogen-bond donors (Lipinski definition) is 1. The van der Waals surface area contributed by atoms with Gasteiger partial charge in [-0.2, -0.15) is 0 Å². The molecular weight excluding hydrogens is 194 g/mol. The van der Waals surface area contributed by atoms with Crippen LogP contribution in [0.25, 0.3) is 0 Å². The Morgan fingerprint density at radius 1 is 1.50 bits per heavy atom. The molecule has 0 aliphatic heterocycles. The van der Waals surface area contributed by atoms with E-state index >= 15 is 0 Å². The Morgan fingerprint density at radius 3 is 2.79 bits per heavy atom. The molecular formula is C12H16ClN. The highest BCUT2D eigenvalue weighted by Gasteiger charge is 2.05. The van der Waals surface area contributed by atoms with Crippen molar-refractivity contribution in [1.82, 2.24) is 5.32 Å². The van der Waals surface area contributed by atoms with Gasteiger partial charge in [-0.1, -0.05) is 42.8 Å². The molecule has 0 bridgehead atoms. The lowest BCUT2D eigenvalue weighted by molar-refractivity contribution is 0.613. The second-order valence-electron chi connectivity index (χ2n) is 3.20. The first-order valence-corrected chi connectivity index (χ1v) is 5.25. The fraction of sp³-hybridized carbons (Fsp3) is 0.333. The summed E-state index contributed by atoms with van der Waals surface area (Å²) in [4.78, 5) is 0. The molecule has 1 atom stereocenters. The molecule has 0 heterocycles. The lowest BCUT2D eigenvalue weighted by atomic mass is 10.1. The number of benzene rings is 1. The van der Waals surface area contributed by atoms with Gasteiger partial charge in [0.25, 0.3) is 0 Å². The minimum Gasteiger partial charge on any atom is -0.310 e. The van der Waals surface area contributed by atoms with Gasteiger partial charge in [-0.15, -0.1) is 6.58 Å². The zero-order valence-electron chi connectivity index (χ0n) is 8.46. The normalized spacial score (nSPS) is 12.4. The van der Waals surface area contributed by atoms with Crippen molar-refractivity contribution < 1.29 is 0 Å². The van der Waals surface area contributed by atoms with Crippen LogP contribution < -0.4 is 5.32 Å². The van der Waals surface area contributed by atoms with E-state index in [4.69, 9.17) is 11.6 Å². The minimum atomic E-state index is 0.305. The Labute approximate surface area is 90.8 Å². The number of nitrogens with one attached hydrogen (secondary N) is 1. The molecule has 0 fully saturated rings. The van der Waals surface area contributed by atoms with Crippen molar-refractivity contribution in [1.29, 1.82) is 0 Å². The van der Waals surface area contributed by atoms with Crippen LogP contribution in [0.2, 0.25) is 5.02 Å². The van der Waals surface area contributed by atoms with E-state index in [2.05, 4.69) is 24.9 Å². The Kier molecular flexibility index (Phi) is 4.71. The van der Waals surface area contributed by atoms with Crippen LogP contribution in [-0.2, 0) is 6.42 Å². The lowest BCUT2D eigenvalue weighted by Gasteiger charge is -2.13. The van der Waals surface area contributed by atoms with Gasteiger partial charge >= 0.3 is 0 Å². The highest BCUT2D eigenvalue weighted by atomic mass is 35.5. The van der Waals surface area contributed by atoms with Gasteiger partial charge in [0.05, 0.1) is 0 Å². The summed E-state index contributed by atoms with van der Waals surface area (Å²) in [5.41, 5.74) is 1.17. The molecule has 0 saturated carbocycles. The Balaban J connectivity index is 2.66. The van der Waals surface area contributed by atoms with Gasteiger partial charge in [0.15, 0.2) is 0 Å². The van der Waals surface area contributed by atoms with Gasteiger partial charge in [-0.3, -0.25) is 0 Å². The third-order valence-corrected chi connectivity index (χ3v) is 2.52. The largest absolute Gasteiger partial charge is 0.310 e. The molecule has 0 amide bonds. The van der Waals surface area contributed by atoms with Crippen LogP contribution in [0.1, 0.15) is 12.5 Å². The van der Waals surface area contributed by atoms with E-state index in [0.717, 1.165) is 18.0 Å². The average Bonchev–Trinajstić information content (AvgIpc) is 2.20. The highest BCUT2D eigenvalue weighted by molar-refractivity contribution is 6.31. The first-order chi connectivity index (χ1) is 6.77. The van der Waals surface area contributed by atoms with Crippen molar-refractivity contribution in [3.8, 4) is 0 Å². The molecule has 0 aromatic heterocycles. The zero-order chi connectivity index (χ0) is 10.4. The van der Waals surface area contributed by atoms with E-state index in [-0.39, 0.29) is 0 Å². The fourth-order valence-corrected chi connectivity index (χ4v) is 1.61. The fourth-order valence-electron chi connectivity index (χ4n) is 1.40. The molecule has 14 heavy (non-hydrogen) atoms. The van der Waals surface area contributed by atoms with E-state index in [1.165, 1.54) is 5.56 Å². The van der Waals surface area contributed by atoms with E-state index in [9.17, 15) is 0 Å². The molecule has 0 aliphatic carbocycles.